The van der Waals surface area contributed by atoms with E-state index >= 15 is 0 Å². The highest BCUT2D eigenvalue weighted by atomic mass is 15.6. The van der Waals surface area contributed by atoms with E-state index in [2.05, 4.69) is 72.7 Å². The number of hydrogen-bond acceptors (Lipinski definition) is 3. The number of terminal acetylenes is 1. The molecule has 0 bridgehead atoms. The van der Waals surface area contributed by atoms with Crippen LogP contribution in [0.2, 0.25) is 0 Å². The minimum absolute atomic E-state index is 0.159. The Hall–Kier alpha value is -2.19. The number of quaternary nitrogens is 1. The summed E-state index contributed by atoms with van der Waals surface area (Å²) in [4.78, 5) is 0. The lowest BCUT2D eigenvalue weighted by atomic mass is 9.91. The Morgan fingerprint density at radius 3 is 2.42 bits per heavy atom. The summed E-state index contributed by atoms with van der Waals surface area (Å²) >= 11 is 0. The van der Waals surface area contributed by atoms with Gasteiger partial charge in [0.05, 0.1) is 5.69 Å². The molecule has 1 heterocycles. The number of tetrazole rings is 1. The number of para-hydroxylation sites is 1. The lowest BCUT2D eigenvalue weighted by Crippen LogP contribution is -3.03. The third kappa shape index (κ3) is 2.83. The van der Waals surface area contributed by atoms with Crippen molar-refractivity contribution < 1.29 is 5.32 Å². The van der Waals surface area contributed by atoms with E-state index in [9.17, 15) is 0 Å². The van der Waals surface area contributed by atoms with Gasteiger partial charge in [-0.3, -0.25) is 0 Å². The Morgan fingerprint density at radius 2 is 1.83 bits per heavy atom. The third-order valence-corrected chi connectivity index (χ3v) is 5.07. The predicted molar refractivity (Wildman–Crippen MR) is 93.6 cm³/mol. The Bertz CT molecular complexity index is 755. The molecule has 0 aliphatic heterocycles. The van der Waals surface area contributed by atoms with Crippen LogP contribution in [0.5, 0.6) is 0 Å². The van der Waals surface area contributed by atoms with Gasteiger partial charge >= 0.3 is 0 Å². The Kier molecular flexibility index (Phi) is 4.18. The van der Waals surface area contributed by atoms with E-state index in [4.69, 9.17) is 6.42 Å². The number of rotatable bonds is 4. The normalized spacial score (nSPS) is 17.0. The molecule has 1 aromatic carbocycles. The van der Waals surface area contributed by atoms with E-state index in [-0.39, 0.29) is 11.1 Å². The molecule has 0 radical (unpaired) electrons. The summed E-state index contributed by atoms with van der Waals surface area (Å²) in [5.74, 6) is 3.82. The molecule has 1 aliphatic carbocycles. The summed E-state index contributed by atoms with van der Waals surface area (Å²) in [5.41, 5.74) is 2.98. The van der Waals surface area contributed by atoms with Gasteiger partial charge in [0.2, 0.25) is 5.82 Å². The van der Waals surface area contributed by atoms with Gasteiger partial charge in [-0.05, 0) is 54.2 Å². The maximum absolute atomic E-state index is 5.75. The molecular weight excluding hydrogens is 298 g/mol. The lowest BCUT2D eigenvalue weighted by Gasteiger charge is -2.32. The molecule has 0 unspecified atom stereocenters. The van der Waals surface area contributed by atoms with Gasteiger partial charge in [-0.1, -0.05) is 18.2 Å². The van der Waals surface area contributed by atoms with Crippen molar-refractivity contribution in [1.29, 1.82) is 0 Å². The number of benzene rings is 1. The number of nitrogens with zero attached hydrogens (tertiary/aromatic N) is 4. The quantitative estimate of drug-likeness (QED) is 0.875. The first-order valence-corrected chi connectivity index (χ1v) is 8.59. The average molecular weight is 324 g/mol. The summed E-state index contributed by atoms with van der Waals surface area (Å²) in [7, 11) is 0. The van der Waals surface area contributed by atoms with Crippen LogP contribution < -0.4 is 5.32 Å². The largest absolute Gasteiger partial charge is 0.320 e. The van der Waals surface area contributed by atoms with Gasteiger partial charge in [0.25, 0.3) is 0 Å². The molecule has 3 rings (SSSR count). The predicted octanol–water partition coefficient (Wildman–Crippen LogP) is 2.02. The second kappa shape index (κ2) is 6.03. The number of aryl methyl sites for hydroxylation is 2. The molecule has 5 heteroatoms. The van der Waals surface area contributed by atoms with E-state index in [1.807, 2.05) is 4.68 Å². The molecule has 126 valence electrons. The van der Waals surface area contributed by atoms with Crippen molar-refractivity contribution in [3.63, 3.8) is 0 Å². The smallest absolute Gasteiger partial charge is 0.217 e. The highest BCUT2D eigenvalue weighted by Gasteiger charge is 2.47. The summed E-state index contributed by atoms with van der Waals surface area (Å²) in [6.07, 6.45) is 10.2. The molecule has 0 spiro atoms. The number of aromatic nitrogens is 4. The zero-order valence-electron chi connectivity index (χ0n) is 15.0. The fraction of sp³-hybridized carbons (Fsp3) is 0.526. The minimum Gasteiger partial charge on any atom is -0.320 e. The summed E-state index contributed by atoms with van der Waals surface area (Å²) in [6.45, 7) is 8.37. The Balaban J connectivity index is 2.13. The number of nitrogens with two attached hydrogens (primary N) is 1. The van der Waals surface area contributed by atoms with Crippen LogP contribution in [0.15, 0.2) is 18.2 Å². The van der Waals surface area contributed by atoms with Gasteiger partial charge in [-0.25, -0.2) is 0 Å². The van der Waals surface area contributed by atoms with Gasteiger partial charge < -0.3 is 5.32 Å². The first-order valence-electron chi connectivity index (χ1n) is 8.59. The van der Waals surface area contributed by atoms with Gasteiger partial charge in [0.1, 0.15) is 0 Å². The van der Waals surface area contributed by atoms with Crippen molar-refractivity contribution in [3.8, 4) is 18.0 Å². The van der Waals surface area contributed by atoms with Crippen molar-refractivity contribution in [3.05, 3.63) is 35.2 Å². The fourth-order valence-corrected chi connectivity index (χ4v) is 3.96. The molecule has 5 nitrogen and oxygen atoms in total. The molecule has 0 atom stereocenters. The Labute approximate surface area is 143 Å². The SMILES string of the molecule is C#CC(C)(C)[NH2+]C1(c2nnnn2-c2c(C)cccc2C)CCCC1. The van der Waals surface area contributed by atoms with Crippen molar-refractivity contribution in [1.82, 2.24) is 20.2 Å². The molecule has 1 aliphatic rings. The molecule has 1 aromatic heterocycles. The first kappa shape index (κ1) is 16.7. The summed E-state index contributed by atoms with van der Waals surface area (Å²) in [5, 5.41) is 15.1. The van der Waals surface area contributed by atoms with Crippen LogP contribution in [0, 0.1) is 26.2 Å². The lowest BCUT2D eigenvalue weighted by molar-refractivity contribution is -0.781. The van der Waals surface area contributed by atoms with Crippen LogP contribution in [0.1, 0.15) is 56.5 Å². The first-order chi connectivity index (χ1) is 11.4. The monoisotopic (exact) mass is 324 g/mol. The van der Waals surface area contributed by atoms with Gasteiger partial charge in [0, 0.05) is 26.7 Å². The van der Waals surface area contributed by atoms with Gasteiger partial charge in [-0.2, -0.15) is 4.68 Å². The Morgan fingerprint density at radius 1 is 1.21 bits per heavy atom. The van der Waals surface area contributed by atoms with Crippen LogP contribution in [-0.4, -0.2) is 25.7 Å². The van der Waals surface area contributed by atoms with Crippen molar-refractivity contribution in [2.75, 3.05) is 0 Å². The summed E-state index contributed by atoms with van der Waals surface area (Å²) < 4.78 is 1.93. The average Bonchev–Trinajstić information content (AvgIpc) is 3.17. The standard InChI is InChI=1S/C19H25N5/c1-6-18(4,5)21-19(12-7-8-13-19)17-20-22-23-24(17)16-14(2)10-9-11-15(16)3/h1,9-11,21H,7-8,12-13H2,2-5H3/p+1. The van der Waals surface area contributed by atoms with E-state index in [0.29, 0.717) is 0 Å². The maximum Gasteiger partial charge on any atom is 0.217 e. The highest BCUT2D eigenvalue weighted by Crippen LogP contribution is 2.36. The van der Waals surface area contributed by atoms with Crippen molar-refractivity contribution in [2.24, 2.45) is 0 Å². The van der Waals surface area contributed by atoms with E-state index in [0.717, 1.165) is 24.4 Å². The molecule has 24 heavy (non-hydrogen) atoms. The minimum atomic E-state index is -0.290. The van der Waals surface area contributed by atoms with Crippen LogP contribution >= 0.6 is 0 Å². The zero-order valence-corrected chi connectivity index (χ0v) is 15.0. The van der Waals surface area contributed by atoms with Gasteiger partial charge in [0.15, 0.2) is 11.1 Å². The highest BCUT2D eigenvalue weighted by molar-refractivity contribution is 5.46. The molecule has 1 saturated carbocycles. The van der Waals surface area contributed by atoms with Crippen molar-refractivity contribution >= 4 is 0 Å². The molecule has 2 N–H and O–H groups in total. The fourth-order valence-electron chi connectivity index (χ4n) is 3.96. The second-order valence-corrected chi connectivity index (χ2v) is 7.53. The molecule has 2 aromatic rings. The third-order valence-electron chi connectivity index (χ3n) is 5.07. The molecule has 0 saturated heterocycles. The number of hydrogen-bond donors (Lipinski definition) is 1. The molecule has 1 fully saturated rings. The van der Waals surface area contributed by atoms with Crippen LogP contribution in [0.4, 0.5) is 0 Å². The molecule has 0 amide bonds. The van der Waals surface area contributed by atoms with E-state index in [1.54, 1.807) is 0 Å². The topological polar surface area (TPSA) is 60.2 Å². The second-order valence-electron chi connectivity index (χ2n) is 7.53. The van der Waals surface area contributed by atoms with E-state index in [1.165, 1.54) is 24.0 Å². The van der Waals surface area contributed by atoms with Crippen LogP contribution in [0.25, 0.3) is 5.69 Å². The van der Waals surface area contributed by atoms with E-state index < -0.39 is 0 Å². The zero-order chi connectivity index (χ0) is 17.4. The van der Waals surface area contributed by atoms with Crippen LogP contribution in [0.3, 0.4) is 0 Å². The van der Waals surface area contributed by atoms with Crippen molar-refractivity contribution in [2.45, 2.75) is 64.5 Å². The van der Waals surface area contributed by atoms with Crippen LogP contribution in [-0.2, 0) is 5.54 Å². The molecular formula is C19H26N5+. The summed E-state index contributed by atoms with van der Waals surface area (Å²) in [6, 6.07) is 6.27. The van der Waals surface area contributed by atoms with Gasteiger partial charge in [-0.15, -0.1) is 11.5 Å². The maximum atomic E-state index is 5.75.